The summed E-state index contributed by atoms with van der Waals surface area (Å²) in [6.07, 6.45) is 8.07. The lowest BCUT2D eigenvalue weighted by atomic mass is 9.96. The Morgan fingerprint density at radius 3 is 2.38 bits per heavy atom. The molecule has 3 atom stereocenters. The number of piperidine rings is 1. The maximum atomic E-state index is 5.58. The molecule has 0 spiro atoms. The fourth-order valence-electron chi connectivity index (χ4n) is 2.97. The second kappa shape index (κ2) is 7.29. The van der Waals surface area contributed by atoms with Gasteiger partial charge in [-0.3, -0.25) is 4.90 Å². The summed E-state index contributed by atoms with van der Waals surface area (Å²) in [7, 11) is 0. The lowest BCUT2D eigenvalue weighted by molar-refractivity contribution is 0.0997. The summed E-state index contributed by atoms with van der Waals surface area (Å²) in [6.45, 7) is 9.24. The van der Waals surface area contributed by atoms with Crippen molar-refractivity contribution >= 4 is 0 Å². The highest BCUT2D eigenvalue weighted by atomic mass is 15.2. The van der Waals surface area contributed by atoms with Crippen LogP contribution in [0.4, 0.5) is 0 Å². The SMILES string of the molecule is CC(CCN)CCCN1[C@H](C)CCC[C@@H]1C. The van der Waals surface area contributed by atoms with Gasteiger partial charge in [0.2, 0.25) is 0 Å². The topological polar surface area (TPSA) is 29.3 Å². The molecule has 0 bridgehead atoms. The minimum atomic E-state index is 0.800. The molecule has 2 nitrogen and oxygen atoms in total. The molecule has 1 aliphatic rings. The van der Waals surface area contributed by atoms with Crippen LogP contribution in [0.2, 0.25) is 0 Å². The van der Waals surface area contributed by atoms with E-state index in [9.17, 15) is 0 Å². The molecular formula is C14H30N2. The van der Waals surface area contributed by atoms with Gasteiger partial charge in [0, 0.05) is 12.1 Å². The molecular weight excluding hydrogens is 196 g/mol. The number of hydrogen-bond donors (Lipinski definition) is 1. The van der Waals surface area contributed by atoms with Gasteiger partial charge in [0.05, 0.1) is 0 Å². The molecule has 96 valence electrons. The first-order valence-electron chi connectivity index (χ1n) is 7.11. The van der Waals surface area contributed by atoms with Crippen molar-refractivity contribution in [3.8, 4) is 0 Å². The van der Waals surface area contributed by atoms with E-state index in [1.54, 1.807) is 0 Å². The first-order valence-corrected chi connectivity index (χ1v) is 7.11. The van der Waals surface area contributed by atoms with Gasteiger partial charge < -0.3 is 5.73 Å². The molecule has 0 aliphatic carbocycles. The minimum absolute atomic E-state index is 0.800. The predicted octanol–water partition coefficient (Wildman–Crippen LogP) is 3.01. The number of nitrogens with zero attached hydrogens (tertiary/aromatic N) is 1. The molecule has 2 N–H and O–H groups in total. The van der Waals surface area contributed by atoms with Crippen LogP contribution in [0.25, 0.3) is 0 Å². The van der Waals surface area contributed by atoms with Crippen molar-refractivity contribution in [2.24, 2.45) is 11.7 Å². The number of rotatable bonds is 6. The van der Waals surface area contributed by atoms with E-state index >= 15 is 0 Å². The predicted molar refractivity (Wildman–Crippen MR) is 71.6 cm³/mol. The summed E-state index contributed by atoms with van der Waals surface area (Å²) in [4.78, 5) is 2.71. The van der Waals surface area contributed by atoms with E-state index in [0.29, 0.717) is 0 Å². The molecule has 1 unspecified atom stereocenters. The molecule has 0 aromatic rings. The summed E-state index contributed by atoms with van der Waals surface area (Å²) in [5.74, 6) is 0.806. The molecule has 1 rings (SSSR count). The van der Waals surface area contributed by atoms with Gasteiger partial charge in [-0.15, -0.1) is 0 Å². The van der Waals surface area contributed by atoms with Crippen LogP contribution in [0.15, 0.2) is 0 Å². The van der Waals surface area contributed by atoms with E-state index in [4.69, 9.17) is 5.73 Å². The van der Waals surface area contributed by atoms with Gasteiger partial charge in [0.15, 0.2) is 0 Å². The zero-order valence-corrected chi connectivity index (χ0v) is 11.4. The lowest BCUT2D eigenvalue weighted by Crippen LogP contribution is -2.44. The Kier molecular flexibility index (Phi) is 6.37. The van der Waals surface area contributed by atoms with E-state index in [1.165, 1.54) is 45.1 Å². The summed E-state index contributed by atoms with van der Waals surface area (Å²) < 4.78 is 0. The lowest BCUT2D eigenvalue weighted by Gasteiger charge is -2.39. The fraction of sp³-hybridized carbons (Fsp3) is 1.00. The molecule has 1 fully saturated rings. The van der Waals surface area contributed by atoms with Gasteiger partial charge in [-0.25, -0.2) is 0 Å². The van der Waals surface area contributed by atoms with Crippen LogP contribution >= 0.6 is 0 Å². The Balaban J connectivity index is 2.19. The maximum Gasteiger partial charge on any atom is 0.00697 e. The highest BCUT2D eigenvalue weighted by Crippen LogP contribution is 2.23. The normalized spacial score (nSPS) is 29.2. The van der Waals surface area contributed by atoms with Crippen molar-refractivity contribution in [1.29, 1.82) is 0 Å². The molecule has 16 heavy (non-hydrogen) atoms. The van der Waals surface area contributed by atoms with Crippen molar-refractivity contribution in [3.63, 3.8) is 0 Å². The van der Waals surface area contributed by atoms with Crippen molar-refractivity contribution in [3.05, 3.63) is 0 Å². The van der Waals surface area contributed by atoms with Crippen LogP contribution in [0.5, 0.6) is 0 Å². The summed E-state index contributed by atoms with van der Waals surface area (Å²) in [5.41, 5.74) is 5.58. The largest absolute Gasteiger partial charge is 0.330 e. The first-order chi connectivity index (χ1) is 7.65. The molecule has 2 heteroatoms. The van der Waals surface area contributed by atoms with E-state index in [-0.39, 0.29) is 0 Å². The van der Waals surface area contributed by atoms with Crippen molar-refractivity contribution < 1.29 is 0 Å². The summed E-state index contributed by atoms with van der Waals surface area (Å²) in [6, 6.07) is 1.60. The Bertz CT molecular complexity index is 172. The van der Waals surface area contributed by atoms with Gasteiger partial charge >= 0.3 is 0 Å². The second-order valence-electron chi connectivity index (χ2n) is 5.69. The molecule has 1 heterocycles. The van der Waals surface area contributed by atoms with Gasteiger partial charge in [-0.1, -0.05) is 13.3 Å². The Labute approximate surface area is 102 Å². The molecule has 0 aromatic carbocycles. The molecule has 1 aliphatic heterocycles. The zero-order chi connectivity index (χ0) is 12.0. The Morgan fingerprint density at radius 1 is 1.19 bits per heavy atom. The quantitative estimate of drug-likeness (QED) is 0.754. The van der Waals surface area contributed by atoms with Crippen LogP contribution in [-0.2, 0) is 0 Å². The van der Waals surface area contributed by atoms with Crippen molar-refractivity contribution in [2.45, 2.75) is 71.4 Å². The third-order valence-corrected chi connectivity index (χ3v) is 4.15. The highest BCUT2D eigenvalue weighted by Gasteiger charge is 2.23. The first kappa shape index (κ1) is 14.0. The number of hydrogen-bond acceptors (Lipinski definition) is 2. The monoisotopic (exact) mass is 226 g/mol. The standard InChI is InChI=1S/C14H30N2/c1-12(9-10-15)6-5-11-16-13(2)7-4-8-14(16)3/h12-14H,4-11,15H2,1-3H3/t12?,13-,14+. The third-order valence-electron chi connectivity index (χ3n) is 4.15. The average Bonchev–Trinajstić information content (AvgIpc) is 2.23. The van der Waals surface area contributed by atoms with Gasteiger partial charge in [-0.2, -0.15) is 0 Å². The van der Waals surface area contributed by atoms with Gasteiger partial charge in [0.25, 0.3) is 0 Å². The third kappa shape index (κ3) is 4.42. The molecule has 0 radical (unpaired) electrons. The van der Waals surface area contributed by atoms with Crippen LogP contribution in [0, 0.1) is 5.92 Å². The average molecular weight is 226 g/mol. The van der Waals surface area contributed by atoms with E-state index in [2.05, 4.69) is 25.7 Å². The molecule has 1 saturated heterocycles. The van der Waals surface area contributed by atoms with Gasteiger partial charge in [0.1, 0.15) is 0 Å². The Morgan fingerprint density at radius 2 is 1.81 bits per heavy atom. The van der Waals surface area contributed by atoms with Gasteiger partial charge in [-0.05, 0) is 65.0 Å². The van der Waals surface area contributed by atoms with E-state index < -0.39 is 0 Å². The Hall–Kier alpha value is -0.0800. The van der Waals surface area contributed by atoms with Crippen molar-refractivity contribution in [1.82, 2.24) is 4.90 Å². The second-order valence-corrected chi connectivity index (χ2v) is 5.69. The number of likely N-dealkylation sites (tertiary alicyclic amines) is 1. The van der Waals surface area contributed by atoms with E-state index in [0.717, 1.165) is 24.5 Å². The summed E-state index contributed by atoms with van der Waals surface area (Å²) >= 11 is 0. The maximum absolute atomic E-state index is 5.58. The fourth-order valence-corrected chi connectivity index (χ4v) is 2.97. The smallest absolute Gasteiger partial charge is 0.00697 e. The van der Waals surface area contributed by atoms with E-state index in [1.807, 2.05) is 0 Å². The molecule has 0 aromatic heterocycles. The van der Waals surface area contributed by atoms with Crippen LogP contribution in [-0.4, -0.2) is 30.1 Å². The highest BCUT2D eigenvalue weighted by molar-refractivity contribution is 4.79. The van der Waals surface area contributed by atoms with Crippen LogP contribution < -0.4 is 5.73 Å². The molecule has 0 saturated carbocycles. The zero-order valence-electron chi connectivity index (χ0n) is 11.4. The number of nitrogens with two attached hydrogens (primary N) is 1. The van der Waals surface area contributed by atoms with Crippen LogP contribution in [0.3, 0.4) is 0 Å². The molecule has 0 amide bonds. The minimum Gasteiger partial charge on any atom is -0.330 e. The van der Waals surface area contributed by atoms with Crippen LogP contribution in [0.1, 0.15) is 59.3 Å². The summed E-state index contributed by atoms with van der Waals surface area (Å²) in [5, 5.41) is 0. The van der Waals surface area contributed by atoms with Crippen molar-refractivity contribution in [2.75, 3.05) is 13.1 Å².